The molecule has 0 spiro atoms. The summed E-state index contributed by atoms with van der Waals surface area (Å²) in [6.45, 7) is 4.69. The molecule has 4 fully saturated rings. The number of nitrogens with zero attached hydrogens (tertiary/aromatic N) is 2. The van der Waals surface area contributed by atoms with Crippen LogP contribution < -0.4 is 9.80 Å². The summed E-state index contributed by atoms with van der Waals surface area (Å²) in [7, 11) is 0. The number of hydrogen-bond acceptors (Lipinski definition) is 2. The van der Waals surface area contributed by atoms with Gasteiger partial charge in [-0.2, -0.15) is 0 Å². The van der Waals surface area contributed by atoms with Gasteiger partial charge in [0.1, 0.15) is 0 Å². The quantitative estimate of drug-likeness (QED) is 0.0493. The molecule has 0 heterocycles. The molecule has 0 saturated heterocycles. The molecular weight excluding hydrogens is 1040 g/mol. The molecule has 86 heavy (non-hydrogen) atoms. The Morgan fingerprint density at radius 2 is 0.651 bits per heavy atom. The second-order valence-electron chi connectivity index (χ2n) is 28.1. The Balaban J connectivity index is 0.882. The van der Waals surface area contributed by atoms with E-state index in [1.54, 1.807) is 33.4 Å². The average molecular weight is 1130 g/mol. The number of anilines is 6. The molecular formula is C84H92N2. The fraction of sp³-hybridized carbons (Fsp3) is 0.405. The van der Waals surface area contributed by atoms with Gasteiger partial charge >= 0.3 is 0 Å². The van der Waals surface area contributed by atoms with E-state index in [1.807, 2.05) is 0 Å². The number of unbranched alkanes of at least 4 members (excludes halogenated alkanes) is 10. The van der Waals surface area contributed by atoms with E-state index in [0.29, 0.717) is 11.8 Å². The van der Waals surface area contributed by atoms with Crippen molar-refractivity contribution in [2.45, 2.75) is 192 Å². The van der Waals surface area contributed by atoms with Crippen molar-refractivity contribution in [1.82, 2.24) is 0 Å². The SMILES string of the molecule is CCCCCCCCc1c(CCCCCCCC)c2cc(N(c3ccccc3)c3ccccc3-c3ccc4c(c3)C3CC5CC(CC4C5)C3)ccc2c2ccc(N(c3ccccc3)c3ccccc3-c3ccc4c(c3)C3CC5CC(CC4C5)C3)cc12. The lowest BCUT2D eigenvalue weighted by Crippen LogP contribution is -2.25. The van der Waals surface area contributed by atoms with Gasteiger partial charge in [-0.05, 0) is 264 Å². The molecule has 9 aromatic carbocycles. The van der Waals surface area contributed by atoms with Crippen molar-refractivity contribution in [2.75, 3.05) is 9.80 Å². The second-order valence-corrected chi connectivity index (χ2v) is 28.1. The van der Waals surface area contributed by atoms with Gasteiger partial charge < -0.3 is 9.80 Å². The summed E-state index contributed by atoms with van der Waals surface area (Å²) in [5.41, 5.74) is 22.5. The van der Waals surface area contributed by atoms with Crippen LogP contribution >= 0.6 is 0 Å². The highest BCUT2D eigenvalue weighted by atomic mass is 15.2. The molecule has 2 nitrogen and oxygen atoms in total. The zero-order valence-corrected chi connectivity index (χ0v) is 51.8. The number of para-hydroxylation sites is 4. The predicted molar refractivity (Wildman–Crippen MR) is 367 cm³/mol. The summed E-state index contributed by atoms with van der Waals surface area (Å²) in [6, 6.07) is 71.8. The fourth-order valence-electron chi connectivity index (χ4n) is 18.9. The number of benzene rings is 9. The first-order valence-electron chi connectivity index (χ1n) is 34.7. The molecule has 8 aliphatic rings. The van der Waals surface area contributed by atoms with Crippen LogP contribution in [-0.4, -0.2) is 0 Å². The summed E-state index contributed by atoms with van der Waals surface area (Å²) < 4.78 is 0. The van der Waals surface area contributed by atoms with Crippen LogP contribution in [0, 0.1) is 23.7 Å². The third kappa shape index (κ3) is 10.8. The first-order valence-corrected chi connectivity index (χ1v) is 34.7. The van der Waals surface area contributed by atoms with E-state index in [2.05, 4.69) is 206 Å². The lowest BCUT2D eigenvalue weighted by atomic mass is 9.67. The maximum atomic E-state index is 2.65. The number of fused-ring (bicyclic) bond motifs is 3. The lowest BCUT2D eigenvalue weighted by molar-refractivity contribution is 0.165. The van der Waals surface area contributed by atoms with Crippen LogP contribution in [0.5, 0.6) is 0 Å². The lowest BCUT2D eigenvalue weighted by Gasteiger charge is -2.38. The number of aryl methyl sites for hydroxylation is 2. The third-order valence-electron chi connectivity index (χ3n) is 22.5. The minimum Gasteiger partial charge on any atom is -0.310 e. The van der Waals surface area contributed by atoms with Gasteiger partial charge in [0.25, 0.3) is 0 Å². The normalized spacial score (nSPS) is 22.3. The average Bonchev–Trinajstić information content (AvgIpc) is 2.50. The van der Waals surface area contributed by atoms with Crippen molar-refractivity contribution in [3.63, 3.8) is 0 Å². The van der Waals surface area contributed by atoms with Gasteiger partial charge in [-0.1, -0.05) is 199 Å². The molecule has 9 aromatic rings. The van der Waals surface area contributed by atoms with Gasteiger partial charge in [0.15, 0.2) is 0 Å². The van der Waals surface area contributed by atoms with E-state index in [0.717, 1.165) is 48.3 Å². The Labute approximate surface area is 515 Å². The minimum absolute atomic E-state index is 0.701. The Bertz CT molecular complexity index is 3570. The van der Waals surface area contributed by atoms with Gasteiger partial charge in [0.2, 0.25) is 0 Å². The van der Waals surface area contributed by atoms with E-state index >= 15 is 0 Å². The molecule has 4 saturated carbocycles. The minimum atomic E-state index is 0.701. The largest absolute Gasteiger partial charge is 0.310 e. The van der Waals surface area contributed by atoms with Crippen molar-refractivity contribution < 1.29 is 0 Å². The molecule has 0 N–H and O–H groups in total. The van der Waals surface area contributed by atoms with Crippen LogP contribution in [0.15, 0.2) is 182 Å². The number of rotatable bonds is 22. The van der Waals surface area contributed by atoms with Crippen LogP contribution in [0.2, 0.25) is 0 Å². The maximum Gasteiger partial charge on any atom is 0.0540 e. The molecule has 0 amide bonds. The predicted octanol–water partition coefficient (Wildman–Crippen LogP) is 24.9. The summed E-state index contributed by atoms with van der Waals surface area (Å²) in [4.78, 5) is 5.19. The van der Waals surface area contributed by atoms with E-state index in [-0.39, 0.29) is 0 Å². The first kappa shape index (κ1) is 55.7. The van der Waals surface area contributed by atoms with Gasteiger partial charge in [-0.3, -0.25) is 0 Å². The molecule has 4 unspecified atom stereocenters. The highest BCUT2D eigenvalue weighted by Gasteiger charge is 2.44. The Kier molecular flexibility index (Phi) is 16.0. The van der Waals surface area contributed by atoms with E-state index in [1.165, 1.54) is 219 Å². The molecule has 0 aromatic heterocycles. The Morgan fingerprint density at radius 1 is 0.291 bits per heavy atom. The van der Waals surface area contributed by atoms with Crippen molar-refractivity contribution in [1.29, 1.82) is 0 Å². The summed E-state index contributed by atoms with van der Waals surface area (Å²) in [5, 5.41) is 5.61. The zero-order chi connectivity index (χ0) is 57.5. The third-order valence-corrected chi connectivity index (χ3v) is 22.5. The Morgan fingerprint density at radius 3 is 1.06 bits per heavy atom. The van der Waals surface area contributed by atoms with Crippen molar-refractivity contribution in [3.8, 4) is 22.3 Å². The molecule has 17 rings (SSSR count). The van der Waals surface area contributed by atoms with Gasteiger partial charge in [0.05, 0.1) is 11.4 Å². The summed E-state index contributed by atoms with van der Waals surface area (Å²) in [5.74, 6) is 6.51. The molecule has 438 valence electrons. The molecule has 0 aliphatic heterocycles. The second kappa shape index (κ2) is 24.7. The first-order chi connectivity index (χ1) is 42.5. The van der Waals surface area contributed by atoms with Crippen LogP contribution in [0.25, 0.3) is 43.8 Å². The van der Waals surface area contributed by atoms with E-state index in [4.69, 9.17) is 0 Å². The molecule has 2 heteroatoms. The smallest absolute Gasteiger partial charge is 0.0540 e. The highest BCUT2D eigenvalue weighted by molar-refractivity contribution is 6.13. The monoisotopic (exact) mass is 1130 g/mol. The van der Waals surface area contributed by atoms with Crippen molar-refractivity contribution in [2.24, 2.45) is 23.7 Å². The number of hydrogen-bond donors (Lipinski definition) is 0. The summed E-state index contributed by atoms with van der Waals surface area (Å²) >= 11 is 0. The highest BCUT2D eigenvalue weighted by Crippen LogP contribution is 2.59. The maximum absolute atomic E-state index is 2.65. The van der Waals surface area contributed by atoms with Gasteiger partial charge in [0, 0.05) is 33.9 Å². The van der Waals surface area contributed by atoms with Crippen LogP contribution in [0.3, 0.4) is 0 Å². The topological polar surface area (TPSA) is 6.48 Å². The van der Waals surface area contributed by atoms with E-state index in [9.17, 15) is 0 Å². The van der Waals surface area contributed by atoms with Crippen molar-refractivity contribution >= 4 is 55.7 Å². The zero-order valence-electron chi connectivity index (χ0n) is 51.8. The standard InChI is InChI=1S/C84H92N2/c1-3-5-7-9-11-19-31-75-76(32-20-12-10-8-6-4-2)82-56-70(86(68-27-17-14-18-28-68)84-34-24-22-30-74(84)62-36-40-72-64-47-59-44-60(48-64)52-66(51-59)80(72)54-62)38-42-78(82)77-41-37-69(55-81(75)77)85(67-25-15-13-16-26-67)83-33-23-21-29-73(83)61-35-39-71-63-45-57-43-58(46-63)50-65(49-57)79(71)53-61/h13-18,21-30,33-42,53-60,63-66H,3-12,19-20,31-32,43-52H2,1-2H3. The van der Waals surface area contributed by atoms with Gasteiger partial charge in [-0.25, -0.2) is 0 Å². The summed E-state index contributed by atoms with van der Waals surface area (Å²) in [6.07, 6.45) is 31.7. The van der Waals surface area contributed by atoms with Gasteiger partial charge in [-0.15, -0.1) is 0 Å². The Hall–Kier alpha value is -6.90. The molecule has 4 atom stereocenters. The molecule has 0 radical (unpaired) electrons. The van der Waals surface area contributed by atoms with Crippen LogP contribution in [-0.2, 0) is 12.8 Å². The van der Waals surface area contributed by atoms with Crippen LogP contribution in [0.1, 0.15) is 212 Å². The van der Waals surface area contributed by atoms with Crippen molar-refractivity contribution in [3.05, 3.63) is 215 Å². The molecule has 8 bridgehead atoms. The van der Waals surface area contributed by atoms with E-state index < -0.39 is 0 Å². The van der Waals surface area contributed by atoms with Crippen LogP contribution in [0.4, 0.5) is 34.1 Å². The fourth-order valence-corrected chi connectivity index (χ4v) is 18.9. The molecule has 8 aliphatic carbocycles.